The van der Waals surface area contributed by atoms with Gasteiger partial charge in [0.15, 0.2) is 0 Å². The van der Waals surface area contributed by atoms with Crippen LogP contribution in [0, 0.1) is 0 Å². The standard InChI is InChI=1S/C10H12ClNO/c11-8-1-3-9(4-2-8)12-6-5-10(13)7-12/h1-4,10,13H,5-7H2. The summed E-state index contributed by atoms with van der Waals surface area (Å²) >= 11 is 5.78. The molecule has 0 amide bonds. The third kappa shape index (κ3) is 1.95. The van der Waals surface area contributed by atoms with Crippen LogP contribution >= 0.6 is 11.6 Å². The van der Waals surface area contributed by atoms with Gasteiger partial charge in [0.2, 0.25) is 0 Å². The van der Waals surface area contributed by atoms with E-state index in [0.29, 0.717) is 0 Å². The number of hydrogen-bond acceptors (Lipinski definition) is 2. The van der Waals surface area contributed by atoms with Gasteiger partial charge in [-0.25, -0.2) is 0 Å². The second-order valence-corrected chi connectivity index (χ2v) is 3.80. The van der Waals surface area contributed by atoms with Gasteiger partial charge in [0.05, 0.1) is 6.10 Å². The lowest BCUT2D eigenvalue weighted by atomic mass is 10.3. The summed E-state index contributed by atoms with van der Waals surface area (Å²) in [5, 5.41) is 10.1. The molecule has 13 heavy (non-hydrogen) atoms. The Kier molecular flexibility index (Phi) is 2.42. The van der Waals surface area contributed by atoms with Crippen molar-refractivity contribution in [2.75, 3.05) is 18.0 Å². The van der Waals surface area contributed by atoms with Gasteiger partial charge in [0, 0.05) is 23.8 Å². The van der Waals surface area contributed by atoms with E-state index < -0.39 is 0 Å². The van der Waals surface area contributed by atoms with Crippen molar-refractivity contribution in [2.45, 2.75) is 12.5 Å². The Morgan fingerprint density at radius 2 is 2.00 bits per heavy atom. The van der Waals surface area contributed by atoms with Crippen molar-refractivity contribution in [2.24, 2.45) is 0 Å². The van der Waals surface area contributed by atoms with Gasteiger partial charge in [0.1, 0.15) is 0 Å². The first-order valence-electron chi connectivity index (χ1n) is 4.44. The van der Waals surface area contributed by atoms with Gasteiger partial charge < -0.3 is 10.0 Å². The van der Waals surface area contributed by atoms with E-state index in [1.807, 2.05) is 24.3 Å². The number of aliphatic hydroxyl groups is 1. The normalized spacial score (nSPS) is 22.3. The van der Waals surface area contributed by atoms with Crippen molar-refractivity contribution in [1.82, 2.24) is 0 Å². The predicted octanol–water partition coefficient (Wildman–Crippen LogP) is 1.91. The molecule has 1 aromatic rings. The maximum absolute atomic E-state index is 9.35. The van der Waals surface area contributed by atoms with Crippen LogP contribution in [0.1, 0.15) is 6.42 Å². The van der Waals surface area contributed by atoms with Gasteiger partial charge in [-0.15, -0.1) is 0 Å². The minimum Gasteiger partial charge on any atom is -0.391 e. The Balaban J connectivity index is 2.13. The first-order valence-corrected chi connectivity index (χ1v) is 4.82. The molecule has 2 rings (SSSR count). The van der Waals surface area contributed by atoms with Crippen molar-refractivity contribution in [3.63, 3.8) is 0 Å². The molecule has 1 fully saturated rings. The molecule has 0 aromatic heterocycles. The van der Waals surface area contributed by atoms with Crippen molar-refractivity contribution >= 4 is 17.3 Å². The summed E-state index contributed by atoms with van der Waals surface area (Å²) in [7, 11) is 0. The number of aliphatic hydroxyl groups excluding tert-OH is 1. The van der Waals surface area contributed by atoms with Gasteiger partial charge in [-0.2, -0.15) is 0 Å². The molecule has 0 radical (unpaired) electrons. The molecule has 70 valence electrons. The lowest BCUT2D eigenvalue weighted by molar-refractivity contribution is 0.198. The molecule has 0 aliphatic carbocycles. The van der Waals surface area contributed by atoms with Crippen LogP contribution in [0.25, 0.3) is 0 Å². The van der Waals surface area contributed by atoms with E-state index in [9.17, 15) is 5.11 Å². The average Bonchev–Trinajstić information content (AvgIpc) is 2.53. The fourth-order valence-electron chi connectivity index (χ4n) is 1.63. The summed E-state index contributed by atoms with van der Waals surface area (Å²) in [5.74, 6) is 0. The number of β-amino-alcohol motifs (C(OH)–C–C–N with tert-alkyl or cyclic N) is 1. The molecular weight excluding hydrogens is 186 g/mol. The molecule has 2 nitrogen and oxygen atoms in total. The van der Waals surface area contributed by atoms with E-state index >= 15 is 0 Å². The van der Waals surface area contributed by atoms with Gasteiger partial charge in [0.25, 0.3) is 0 Å². The molecule has 1 unspecified atom stereocenters. The Bertz CT molecular complexity index is 285. The van der Waals surface area contributed by atoms with E-state index in [0.717, 1.165) is 30.2 Å². The Labute approximate surface area is 82.7 Å². The molecule has 1 aliphatic rings. The fourth-order valence-corrected chi connectivity index (χ4v) is 1.75. The van der Waals surface area contributed by atoms with Crippen LogP contribution in [0.15, 0.2) is 24.3 Å². The summed E-state index contributed by atoms with van der Waals surface area (Å²) in [6.07, 6.45) is 0.693. The molecule has 0 bridgehead atoms. The number of halogens is 1. The summed E-state index contributed by atoms with van der Waals surface area (Å²) in [5.41, 5.74) is 1.14. The molecule has 0 saturated carbocycles. The van der Waals surface area contributed by atoms with Crippen LogP contribution in [-0.2, 0) is 0 Å². The molecule has 3 heteroatoms. The van der Waals surface area contributed by atoms with E-state index in [1.54, 1.807) is 0 Å². The largest absolute Gasteiger partial charge is 0.391 e. The highest BCUT2D eigenvalue weighted by molar-refractivity contribution is 6.30. The quantitative estimate of drug-likeness (QED) is 0.744. The Hall–Kier alpha value is -0.730. The van der Waals surface area contributed by atoms with E-state index in [4.69, 9.17) is 11.6 Å². The number of nitrogens with zero attached hydrogens (tertiary/aromatic N) is 1. The van der Waals surface area contributed by atoms with Gasteiger partial charge in [-0.3, -0.25) is 0 Å². The summed E-state index contributed by atoms with van der Waals surface area (Å²) in [4.78, 5) is 2.17. The van der Waals surface area contributed by atoms with E-state index in [1.165, 1.54) is 0 Å². The zero-order valence-electron chi connectivity index (χ0n) is 7.28. The second kappa shape index (κ2) is 3.56. The minimum atomic E-state index is -0.171. The lowest BCUT2D eigenvalue weighted by Crippen LogP contribution is -2.20. The van der Waals surface area contributed by atoms with Gasteiger partial charge in [-0.1, -0.05) is 11.6 Å². The predicted molar refractivity (Wildman–Crippen MR) is 54.3 cm³/mol. The van der Waals surface area contributed by atoms with Crippen LogP contribution < -0.4 is 4.90 Å². The lowest BCUT2D eigenvalue weighted by Gasteiger charge is -2.17. The topological polar surface area (TPSA) is 23.5 Å². The van der Waals surface area contributed by atoms with Crippen molar-refractivity contribution in [3.05, 3.63) is 29.3 Å². The van der Waals surface area contributed by atoms with Crippen molar-refractivity contribution < 1.29 is 5.11 Å². The zero-order valence-corrected chi connectivity index (χ0v) is 8.04. The zero-order chi connectivity index (χ0) is 9.26. The highest BCUT2D eigenvalue weighted by Gasteiger charge is 2.19. The maximum atomic E-state index is 9.35. The van der Waals surface area contributed by atoms with Crippen LogP contribution in [0.3, 0.4) is 0 Å². The monoisotopic (exact) mass is 197 g/mol. The van der Waals surface area contributed by atoms with Crippen LogP contribution in [0.5, 0.6) is 0 Å². The van der Waals surface area contributed by atoms with Gasteiger partial charge in [-0.05, 0) is 30.7 Å². The summed E-state index contributed by atoms with van der Waals surface area (Å²) < 4.78 is 0. The Morgan fingerprint density at radius 3 is 2.54 bits per heavy atom. The highest BCUT2D eigenvalue weighted by atomic mass is 35.5. The number of benzene rings is 1. The average molecular weight is 198 g/mol. The molecule has 1 aliphatic heterocycles. The maximum Gasteiger partial charge on any atom is 0.0731 e. The first kappa shape index (κ1) is 8.85. The van der Waals surface area contributed by atoms with Gasteiger partial charge >= 0.3 is 0 Å². The molecular formula is C10H12ClNO. The smallest absolute Gasteiger partial charge is 0.0731 e. The molecule has 0 spiro atoms. The summed E-state index contributed by atoms with van der Waals surface area (Å²) in [6.45, 7) is 1.67. The van der Waals surface area contributed by atoms with Crippen molar-refractivity contribution in [1.29, 1.82) is 0 Å². The number of anilines is 1. The van der Waals surface area contributed by atoms with Crippen LogP contribution in [-0.4, -0.2) is 24.3 Å². The molecule has 1 atom stereocenters. The van der Waals surface area contributed by atoms with E-state index in [2.05, 4.69) is 4.90 Å². The SMILES string of the molecule is OC1CCN(c2ccc(Cl)cc2)C1. The number of rotatable bonds is 1. The summed E-state index contributed by atoms with van der Waals surface area (Å²) in [6, 6.07) is 7.73. The minimum absolute atomic E-state index is 0.171. The highest BCUT2D eigenvalue weighted by Crippen LogP contribution is 2.21. The van der Waals surface area contributed by atoms with Crippen LogP contribution in [0.4, 0.5) is 5.69 Å². The van der Waals surface area contributed by atoms with Crippen LogP contribution in [0.2, 0.25) is 5.02 Å². The fraction of sp³-hybridized carbons (Fsp3) is 0.400. The molecule has 1 saturated heterocycles. The third-order valence-corrected chi connectivity index (χ3v) is 2.61. The second-order valence-electron chi connectivity index (χ2n) is 3.36. The third-order valence-electron chi connectivity index (χ3n) is 2.36. The molecule has 1 heterocycles. The first-order chi connectivity index (χ1) is 6.25. The Morgan fingerprint density at radius 1 is 1.31 bits per heavy atom. The molecule has 1 N–H and O–H groups in total. The van der Waals surface area contributed by atoms with Crippen molar-refractivity contribution in [3.8, 4) is 0 Å². The molecule has 1 aromatic carbocycles. The van der Waals surface area contributed by atoms with E-state index in [-0.39, 0.29) is 6.10 Å². The number of hydrogen-bond donors (Lipinski definition) is 1.